The molecule has 0 spiro atoms. The molecular formula is C20H44ClN. The van der Waals surface area contributed by atoms with E-state index in [0.717, 1.165) is 0 Å². The van der Waals surface area contributed by atoms with Crippen LogP contribution in [0, 0.1) is 0 Å². The highest BCUT2D eigenvalue weighted by atomic mass is 35.5. The Labute approximate surface area is 147 Å². The molecule has 1 atom stereocenters. The van der Waals surface area contributed by atoms with Gasteiger partial charge in [-0.1, -0.05) is 110 Å². The fourth-order valence-corrected chi connectivity index (χ4v) is 3.01. The first-order chi connectivity index (χ1) is 10.3. The van der Waals surface area contributed by atoms with Gasteiger partial charge in [-0.2, -0.15) is 0 Å². The molecule has 1 nitrogen and oxygen atoms in total. The van der Waals surface area contributed by atoms with Crippen LogP contribution in [-0.2, 0) is 0 Å². The summed E-state index contributed by atoms with van der Waals surface area (Å²) in [6, 6.07) is 0.400. The normalized spacial score (nSPS) is 12.1. The minimum atomic E-state index is 0. The summed E-state index contributed by atoms with van der Waals surface area (Å²) in [5, 5.41) is 0. The van der Waals surface area contributed by atoms with E-state index in [-0.39, 0.29) is 12.4 Å². The summed E-state index contributed by atoms with van der Waals surface area (Å²) in [6.07, 6.45) is 24.3. The average molecular weight is 334 g/mol. The molecule has 0 saturated carbocycles. The highest BCUT2D eigenvalue weighted by molar-refractivity contribution is 5.85. The van der Waals surface area contributed by atoms with Crippen molar-refractivity contribution in [2.24, 2.45) is 5.73 Å². The smallest absolute Gasteiger partial charge is 0.00104 e. The number of halogens is 1. The molecule has 136 valence electrons. The second-order valence-corrected chi connectivity index (χ2v) is 7.07. The van der Waals surface area contributed by atoms with E-state index in [2.05, 4.69) is 13.8 Å². The van der Waals surface area contributed by atoms with Gasteiger partial charge in [-0.15, -0.1) is 12.4 Å². The van der Waals surface area contributed by atoms with Gasteiger partial charge in [-0.25, -0.2) is 0 Å². The van der Waals surface area contributed by atoms with Crippen molar-refractivity contribution in [1.82, 2.24) is 0 Å². The van der Waals surface area contributed by atoms with Gasteiger partial charge < -0.3 is 5.73 Å². The predicted octanol–water partition coefficient (Wildman–Crippen LogP) is 7.41. The molecule has 22 heavy (non-hydrogen) atoms. The van der Waals surface area contributed by atoms with E-state index in [1.165, 1.54) is 109 Å². The molecular weight excluding hydrogens is 290 g/mol. The van der Waals surface area contributed by atoms with Gasteiger partial charge in [0.25, 0.3) is 0 Å². The van der Waals surface area contributed by atoms with Gasteiger partial charge in [0.05, 0.1) is 0 Å². The van der Waals surface area contributed by atoms with Crippen molar-refractivity contribution in [2.45, 2.75) is 129 Å². The van der Waals surface area contributed by atoms with Crippen molar-refractivity contribution >= 4 is 12.4 Å². The minimum absolute atomic E-state index is 0. The van der Waals surface area contributed by atoms with Crippen LogP contribution in [0.2, 0.25) is 0 Å². The molecule has 0 aliphatic heterocycles. The first kappa shape index (κ1) is 24.5. The number of nitrogens with two attached hydrogens (primary N) is 1. The van der Waals surface area contributed by atoms with Gasteiger partial charge in [0.2, 0.25) is 0 Å². The van der Waals surface area contributed by atoms with Crippen molar-refractivity contribution in [3.63, 3.8) is 0 Å². The lowest BCUT2D eigenvalue weighted by Gasteiger charge is -2.05. The Morgan fingerprint density at radius 2 is 0.818 bits per heavy atom. The molecule has 0 aliphatic carbocycles. The van der Waals surface area contributed by atoms with E-state index in [4.69, 9.17) is 5.73 Å². The molecule has 0 amide bonds. The molecule has 0 bridgehead atoms. The van der Waals surface area contributed by atoms with Gasteiger partial charge >= 0.3 is 0 Å². The molecule has 0 radical (unpaired) electrons. The van der Waals surface area contributed by atoms with Crippen LogP contribution in [0.3, 0.4) is 0 Å². The minimum Gasteiger partial charge on any atom is -0.328 e. The maximum atomic E-state index is 5.75. The second-order valence-electron chi connectivity index (χ2n) is 7.07. The number of hydrogen-bond donors (Lipinski definition) is 1. The van der Waals surface area contributed by atoms with Crippen LogP contribution in [0.15, 0.2) is 0 Å². The molecule has 0 aromatic carbocycles. The van der Waals surface area contributed by atoms with E-state index in [1.807, 2.05) is 0 Å². The SMILES string of the molecule is CCCCCCCCCCCCCCCCCCC(C)N.Cl. The molecule has 0 rings (SSSR count). The fourth-order valence-electron chi connectivity index (χ4n) is 3.01. The summed E-state index contributed by atoms with van der Waals surface area (Å²) in [6.45, 7) is 4.41. The lowest BCUT2D eigenvalue weighted by Crippen LogP contribution is -2.13. The van der Waals surface area contributed by atoms with Crippen molar-refractivity contribution < 1.29 is 0 Å². The fraction of sp³-hybridized carbons (Fsp3) is 1.00. The number of unbranched alkanes of at least 4 members (excludes halogenated alkanes) is 15. The van der Waals surface area contributed by atoms with Crippen LogP contribution in [-0.4, -0.2) is 6.04 Å². The zero-order valence-corrected chi connectivity index (χ0v) is 16.4. The van der Waals surface area contributed by atoms with E-state index in [9.17, 15) is 0 Å². The molecule has 2 heteroatoms. The average Bonchev–Trinajstić information content (AvgIpc) is 2.46. The third kappa shape index (κ3) is 22.5. The van der Waals surface area contributed by atoms with E-state index in [0.29, 0.717) is 6.04 Å². The topological polar surface area (TPSA) is 26.0 Å². The Kier molecular flexibility index (Phi) is 23.7. The molecule has 0 aromatic heterocycles. The zero-order chi connectivity index (χ0) is 15.6. The summed E-state index contributed by atoms with van der Waals surface area (Å²) in [4.78, 5) is 0. The highest BCUT2D eigenvalue weighted by Gasteiger charge is 1.96. The third-order valence-corrected chi connectivity index (χ3v) is 4.51. The first-order valence-corrected chi connectivity index (χ1v) is 10.0. The Hall–Kier alpha value is 0.250. The van der Waals surface area contributed by atoms with Crippen LogP contribution >= 0.6 is 12.4 Å². The predicted molar refractivity (Wildman–Crippen MR) is 105 cm³/mol. The number of hydrogen-bond acceptors (Lipinski definition) is 1. The quantitative estimate of drug-likeness (QED) is 0.275. The summed E-state index contributed by atoms with van der Waals surface area (Å²) >= 11 is 0. The summed E-state index contributed by atoms with van der Waals surface area (Å²) < 4.78 is 0. The number of rotatable bonds is 17. The lowest BCUT2D eigenvalue weighted by atomic mass is 10.0. The molecule has 0 aliphatic rings. The third-order valence-electron chi connectivity index (χ3n) is 4.51. The standard InChI is InChI=1S/C20H43N.ClH/c1-3-4-5-6-7-8-9-10-11-12-13-14-15-16-17-18-19-20(2)21;/h20H,3-19,21H2,1-2H3;1H. The largest absolute Gasteiger partial charge is 0.328 e. The van der Waals surface area contributed by atoms with E-state index >= 15 is 0 Å². The van der Waals surface area contributed by atoms with E-state index in [1.54, 1.807) is 0 Å². The maximum absolute atomic E-state index is 5.75. The van der Waals surface area contributed by atoms with Gasteiger partial charge in [-0.05, 0) is 13.3 Å². The Balaban J connectivity index is 0. The van der Waals surface area contributed by atoms with Gasteiger partial charge in [0.1, 0.15) is 0 Å². The van der Waals surface area contributed by atoms with Gasteiger partial charge in [-0.3, -0.25) is 0 Å². The van der Waals surface area contributed by atoms with Crippen LogP contribution in [0.1, 0.15) is 123 Å². The monoisotopic (exact) mass is 333 g/mol. The Bertz CT molecular complexity index is 183. The van der Waals surface area contributed by atoms with Crippen molar-refractivity contribution in [2.75, 3.05) is 0 Å². The molecule has 0 heterocycles. The molecule has 2 N–H and O–H groups in total. The first-order valence-electron chi connectivity index (χ1n) is 10.0. The van der Waals surface area contributed by atoms with Gasteiger partial charge in [0, 0.05) is 6.04 Å². The summed E-state index contributed by atoms with van der Waals surface area (Å²) in [7, 11) is 0. The lowest BCUT2D eigenvalue weighted by molar-refractivity contribution is 0.520. The summed E-state index contributed by atoms with van der Waals surface area (Å²) in [5.74, 6) is 0. The zero-order valence-electron chi connectivity index (χ0n) is 15.6. The Morgan fingerprint density at radius 1 is 0.545 bits per heavy atom. The van der Waals surface area contributed by atoms with Crippen LogP contribution < -0.4 is 5.73 Å². The van der Waals surface area contributed by atoms with Crippen molar-refractivity contribution in [1.29, 1.82) is 0 Å². The van der Waals surface area contributed by atoms with Crippen molar-refractivity contribution in [3.8, 4) is 0 Å². The highest BCUT2D eigenvalue weighted by Crippen LogP contribution is 2.14. The maximum Gasteiger partial charge on any atom is 0.00104 e. The summed E-state index contributed by atoms with van der Waals surface area (Å²) in [5.41, 5.74) is 5.75. The van der Waals surface area contributed by atoms with Crippen LogP contribution in [0.25, 0.3) is 0 Å². The van der Waals surface area contributed by atoms with Gasteiger partial charge in [0.15, 0.2) is 0 Å². The molecule has 0 aromatic rings. The van der Waals surface area contributed by atoms with Crippen LogP contribution in [0.5, 0.6) is 0 Å². The molecule has 0 fully saturated rings. The van der Waals surface area contributed by atoms with Crippen LogP contribution in [0.4, 0.5) is 0 Å². The molecule has 1 unspecified atom stereocenters. The second kappa shape index (κ2) is 21.2. The Morgan fingerprint density at radius 3 is 1.09 bits per heavy atom. The molecule has 0 saturated heterocycles. The van der Waals surface area contributed by atoms with Crippen molar-refractivity contribution in [3.05, 3.63) is 0 Å². The van der Waals surface area contributed by atoms with E-state index < -0.39 is 0 Å².